The molecule has 0 unspecified atom stereocenters. The van der Waals surface area contributed by atoms with E-state index in [1.807, 2.05) is 9.80 Å². The van der Waals surface area contributed by atoms with Gasteiger partial charge in [-0.05, 0) is 7.05 Å². The number of urea groups is 1. The van der Waals surface area contributed by atoms with Crippen molar-refractivity contribution in [1.29, 1.82) is 0 Å². The van der Waals surface area contributed by atoms with E-state index in [1.54, 1.807) is 0 Å². The van der Waals surface area contributed by atoms with Crippen LogP contribution in [0.4, 0.5) is 4.79 Å². The van der Waals surface area contributed by atoms with Crippen molar-refractivity contribution in [3.05, 3.63) is 0 Å². The average molecular weight is 169 g/mol. The second kappa shape index (κ2) is 2.94. The van der Waals surface area contributed by atoms with Crippen molar-refractivity contribution in [2.75, 3.05) is 46.3 Å². The van der Waals surface area contributed by atoms with Gasteiger partial charge in [0.05, 0.1) is 0 Å². The van der Waals surface area contributed by atoms with Crippen LogP contribution in [0.15, 0.2) is 0 Å². The molecule has 0 aromatic carbocycles. The number of nitrogens with zero attached hydrogens (tertiary/aromatic N) is 3. The molecule has 2 heterocycles. The van der Waals surface area contributed by atoms with E-state index in [0.29, 0.717) is 0 Å². The number of carbonyl (C=O) groups is 1. The summed E-state index contributed by atoms with van der Waals surface area (Å²) >= 11 is 0. The van der Waals surface area contributed by atoms with Gasteiger partial charge in [0.1, 0.15) is 0 Å². The molecule has 2 rings (SSSR count). The fourth-order valence-electron chi connectivity index (χ4n) is 1.44. The maximum atomic E-state index is 11.5. The van der Waals surface area contributed by atoms with Gasteiger partial charge in [0, 0.05) is 39.3 Å². The Labute approximate surface area is 72.7 Å². The Kier molecular flexibility index (Phi) is 1.92. The Hall–Kier alpha value is -0.770. The second-order valence-corrected chi connectivity index (χ2v) is 3.56. The molecule has 0 aliphatic carbocycles. The molecule has 2 fully saturated rings. The molecule has 12 heavy (non-hydrogen) atoms. The molecule has 0 bridgehead atoms. The summed E-state index contributed by atoms with van der Waals surface area (Å²) < 4.78 is 0. The molecule has 4 heteroatoms. The third-order valence-corrected chi connectivity index (χ3v) is 2.49. The van der Waals surface area contributed by atoms with Crippen LogP contribution in [0, 0.1) is 0 Å². The van der Waals surface area contributed by atoms with E-state index in [0.717, 1.165) is 39.3 Å². The van der Waals surface area contributed by atoms with E-state index >= 15 is 0 Å². The summed E-state index contributed by atoms with van der Waals surface area (Å²) in [6.45, 7) is 5.74. The van der Waals surface area contributed by atoms with Gasteiger partial charge in [0.2, 0.25) is 0 Å². The third-order valence-electron chi connectivity index (χ3n) is 2.49. The molecular weight excluding hydrogens is 154 g/mol. The molecule has 0 spiro atoms. The largest absolute Gasteiger partial charge is 0.322 e. The van der Waals surface area contributed by atoms with Gasteiger partial charge in [0.25, 0.3) is 0 Å². The number of hydrogen-bond acceptors (Lipinski definition) is 2. The predicted molar refractivity (Wildman–Crippen MR) is 46.0 cm³/mol. The van der Waals surface area contributed by atoms with Crippen molar-refractivity contribution < 1.29 is 4.79 Å². The quantitative estimate of drug-likeness (QED) is 0.464. The lowest BCUT2D eigenvalue weighted by Gasteiger charge is -2.32. The highest BCUT2D eigenvalue weighted by Crippen LogP contribution is 2.10. The maximum Gasteiger partial charge on any atom is 0.320 e. The SMILES string of the molecule is CN1CCN(C(=O)N2CC2)CC1. The van der Waals surface area contributed by atoms with Crippen LogP contribution in [0.2, 0.25) is 0 Å². The lowest BCUT2D eigenvalue weighted by atomic mass is 10.3. The lowest BCUT2D eigenvalue weighted by Crippen LogP contribution is -2.48. The Morgan fingerprint density at radius 3 is 1.75 bits per heavy atom. The summed E-state index contributed by atoms with van der Waals surface area (Å²) in [7, 11) is 2.10. The molecule has 0 radical (unpaired) electrons. The van der Waals surface area contributed by atoms with Crippen molar-refractivity contribution in [3.8, 4) is 0 Å². The van der Waals surface area contributed by atoms with Gasteiger partial charge in [-0.2, -0.15) is 0 Å². The summed E-state index contributed by atoms with van der Waals surface area (Å²) in [6, 6.07) is 0.239. The summed E-state index contributed by atoms with van der Waals surface area (Å²) in [6.07, 6.45) is 0. The van der Waals surface area contributed by atoms with Gasteiger partial charge in [-0.1, -0.05) is 0 Å². The molecule has 0 aromatic rings. The van der Waals surface area contributed by atoms with Crippen molar-refractivity contribution in [2.45, 2.75) is 0 Å². The van der Waals surface area contributed by atoms with Gasteiger partial charge >= 0.3 is 6.03 Å². The molecule has 4 nitrogen and oxygen atoms in total. The molecular formula is C8H15N3O. The smallest absolute Gasteiger partial charge is 0.320 e. The zero-order chi connectivity index (χ0) is 8.55. The minimum absolute atomic E-state index is 0.239. The highest BCUT2D eigenvalue weighted by molar-refractivity contribution is 5.76. The molecule has 2 amide bonds. The first-order valence-corrected chi connectivity index (χ1v) is 4.50. The highest BCUT2D eigenvalue weighted by Gasteiger charge is 2.29. The Balaban J connectivity index is 1.84. The molecule has 68 valence electrons. The number of amides is 2. The monoisotopic (exact) mass is 169 g/mol. The summed E-state index contributed by atoms with van der Waals surface area (Å²) in [5.41, 5.74) is 0. The highest BCUT2D eigenvalue weighted by atomic mass is 16.2. The van der Waals surface area contributed by atoms with Crippen LogP contribution in [0.3, 0.4) is 0 Å². The van der Waals surface area contributed by atoms with Crippen LogP contribution in [-0.2, 0) is 0 Å². The third kappa shape index (κ3) is 1.53. The number of rotatable bonds is 0. The summed E-state index contributed by atoms with van der Waals surface area (Å²) in [5, 5.41) is 0. The van der Waals surface area contributed by atoms with Crippen LogP contribution in [0.25, 0.3) is 0 Å². The maximum absolute atomic E-state index is 11.5. The number of likely N-dealkylation sites (N-methyl/N-ethyl adjacent to an activating group) is 1. The van der Waals surface area contributed by atoms with E-state index in [1.165, 1.54) is 0 Å². The standard InChI is InChI=1S/C8H15N3O/c1-9-2-4-10(5-3-9)8(12)11-6-7-11/h2-7H2,1H3. The van der Waals surface area contributed by atoms with Gasteiger partial charge in [0.15, 0.2) is 0 Å². The number of carbonyl (C=O) groups excluding carboxylic acids is 1. The predicted octanol–water partition coefficient (Wildman–Crippen LogP) is -0.331. The summed E-state index contributed by atoms with van der Waals surface area (Å²) in [5.74, 6) is 0. The molecule has 0 saturated carbocycles. The number of hydrogen-bond donors (Lipinski definition) is 0. The zero-order valence-corrected chi connectivity index (χ0v) is 7.49. The minimum Gasteiger partial charge on any atom is -0.322 e. The van der Waals surface area contributed by atoms with E-state index in [4.69, 9.17) is 0 Å². The second-order valence-electron chi connectivity index (χ2n) is 3.56. The zero-order valence-electron chi connectivity index (χ0n) is 7.49. The topological polar surface area (TPSA) is 26.6 Å². The Morgan fingerprint density at radius 1 is 0.917 bits per heavy atom. The first-order chi connectivity index (χ1) is 5.77. The van der Waals surface area contributed by atoms with Gasteiger partial charge < -0.3 is 14.7 Å². The van der Waals surface area contributed by atoms with E-state index < -0.39 is 0 Å². The Morgan fingerprint density at radius 2 is 1.33 bits per heavy atom. The lowest BCUT2D eigenvalue weighted by molar-refractivity contribution is 0.144. The van der Waals surface area contributed by atoms with E-state index in [9.17, 15) is 4.79 Å². The Bertz CT molecular complexity index is 183. The molecule has 0 N–H and O–H groups in total. The fourth-order valence-corrected chi connectivity index (χ4v) is 1.44. The molecule has 0 aromatic heterocycles. The van der Waals surface area contributed by atoms with E-state index in [-0.39, 0.29) is 6.03 Å². The van der Waals surface area contributed by atoms with Crippen molar-refractivity contribution >= 4 is 6.03 Å². The first-order valence-electron chi connectivity index (χ1n) is 4.50. The van der Waals surface area contributed by atoms with Crippen molar-refractivity contribution in [1.82, 2.24) is 14.7 Å². The van der Waals surface area contributed by atoms with Crippen LogP contribution >= 0.6 is 0 Å². The summed E-state index contributed by atoms with van der Waals surface area (Å²) in [4.78, 5) is 17.6. The fraction of sp³-hybridized carbons (Fsp3) is 0.875. The van der Waals surface area contributed by atoms with Crippen molar-refractivity contribution in [3.63, 3.8) is 0 Å². The molecule has 2 saturated heterocycles. The average Bonchev–Trinajstić information content (AvgIpc) is 2.87. The van der Waals surface area contributed by atoms with Crippen LogP contribution in [0.1, 0.15) is 0 Å². The van der Waals surface area contributed by atoms with Crippen LogP contribution in [-0.4, -0.2) is 67.0 Å². The molecule has 2 aliphatic heterocycles. The van der Waals surface area contributed by atoms with Gasteiger partial charge in [-0.25, -0.2) is 4.79 Å². The minimum atomic E-state index is 0.239. The molecule has 2 aliphatic rings. The number of piperazine rings is 1. The van der Waals surface area contributed by atoms with Gasteiger partial charge in [-0.3, -0.25) is 0 Å². The molecule has 0 atom stereocenters. The van der Waals surface area contributed by atoms with E-state index in [2.05, 4.69) is 11.9 Å². The van der Waals surface area contributed by atoms with Crippen LogP contribution < -0.4 is 0 Å². The normalized spacial score (nSPS) is 24.4. The van der Waals surface area contributed by atoms with Gasteiger partial charge in [-0.15, -0.1) is 0 Å². The first kappa shape index (κ1) is 7.86. The van der Waals surface area contributed by atoms with Crippen molar-refractivity contribution in [2.24, 2.45) is 0 Å². The van der Waals surface area contributed by atoms with Crippen LogP contribution in [0.5, 0.6) is 0 Å².